The van der Waals surface area contributed by atoms with Crippen molar-refractivity contribution < 1.29 is 19.6 Å². The molecule has 0 spiro atoms. The molecule has 0 radical (unpaired) electrons. The van der Waals surface area contributed by atoms with Crippen LogP contribution in [-0.4, -0.2) is 23.0 Å². The molecule has 25 heavy (non-hydrogen) atoms. The molecule has 2 aromatic rings. The van der Waals surface area contributed by atoms with E-state index in [1.54, 1.807) is 30.3 Å². The summed E-state index contributed by atoms with van der Waals surface area (Å²) in [6.45, 7) is 0. The van der Waals surface area contributed by atoms with Gasteiger partial charge in [0.2, 0.25) is 0 Å². The number of methoxy groups -OCH3 is 1. The topological polar surface area (TPSA) is 125 Å². The fourth-order valence-corrected chi connectivity index (χ4v) is 1.94. The Labute approximate surface area is 142 Å². The molecule has 0 aliphatic carbocycles. The van der Waals surface area contributed by atoms with Crippen molar-refractivity contribution in [1.82, 2.24) is 0 Å². The van der Waals surface area contributed by atoms with E-state index in [4.69, 9.17) is 10.00 Å². The maximum absolute atomic E-state index is 12.2. The van der Waals surface area contributed by atoms with Gasteiger partial charge in [-0.2, -0.15) is 5.26 Å². The minimum absolute atomic E-state index is 0.0357. The Morgan fingerprint density at radius 3 is 2.52 bits per heavy atom. The van der Waals surface area contributed by atoms with Crippen LogP contribution in [-0.2, 0) is 4.79 Å². The molecule has 0 aromatic heterocycles. The number of nitro groups is 1. The molecule has 8 nitrogen and oxygen atoms in total. The summed E-state index contributed by atoms with van der Waals surface area (Å²) in [5.41, 5.74) is 0.0691. The number of nitrogens with zero attached hydrogens (tertiary/aromatic N) is 2. The van der Waals surface area contributed by atoms with Crippen LogP contribution in [0.4, 0.5) is 11.4 Å². The molecule has 126 valence electrons. The second-order valence-electron chi connectivity index (χ2n) is 4.86. The van der Waals surface area contributed by atoms with Crippen molar-refractivity contribution in [2.24, 2.45) is 0 Å². The van der Waals surface area contributed by atoms with Gasteiger partial charge in [0.15, 0.2) is 0 Å². The number of carbonyl (C=O) groups is 1. The molecule has 2 N–H and O–H groups in total. The number of hydrogen-bond acceptors (Lipinski definition) is 6. The molecule has 0 saturated carbocycles. The van der Waals surface area contributed by atoms with Gasteiger partial charge >= 0.3 is 0 Å². The first kappa shape index (κ1) is 17.5. The molecule has 0 aliphatic rings. The molecule has 2 rings (SSSR count). The number of phenols is 1. The van der Waals surface area contributed by atoms with E-state index in [1.165, 1.54) is 19.3 Å². The lowest BCUT2D eigenvalue weighted by molar-refractivity contribution is -0.384. The molecular weight excluding hydrogens is 326 g/mol. The second-order valence-corrected chi connectivity index (χ2v) is 4.86. The van der Waals surface area contributed by atoms with Gasteiger partial charge in [-0.15, -0.1) is 0 Å². The van der Waals surface area contributed by atoms with Crippen LogP contribution in [0.3, 0.4) is 0 Å². The summed E-state index contributed by atoms with van der Waals surface area (Å²) in [7, 11) is 1.52. The number of nitro benzene ring substituents is 1. The summed E-state index contributed by atoms with van der Waals surface area (Å²) in [5, 5.41) is 31.9. The van der Waals surface area contributed by atoms with Gasteiger partial charge in [-0.05, 0) is 29.8 Å². The highest BCUT2D eigenvalue weighted by Crippen LogP contribution is 2.28. The molecule has 0 fully saturated rings. The Morgan fingerprint density at radius 2 is 2.00 bits per heavy atom. The van der Waals surface area contributed by atoms with E-state index in [0.717, 1.165) is 12.1 Å². The van der Waals surface area contributed by atoms with Gasteiger partial charge in [0, 0.05) is 6.07 Å². The number of amides is 1. The number of benzene rings is 2. The maximum Gasteiger partial charge on any atom is 0.273 e. The van der Waals surface area contributed by atoms with Crippen LogP contribution < -0.4 is 10.1 Å². The highest BCUT2D eigenvalue weighted by atomic mass is 16.6. The Hall–Kier alpha value is -3.86. The van der Waals surface area contributed by atoms with E-state index in [9.17, 15) is 20.0 Å². The monoisotopic (exact) mass is 339 g/mol. The lowest BCUT2D eigenvalue weighted by Crippen LogP contribution is -2.13. The first-order valence-corrected chi connectivity index (χ1v) is 6.99. The van der Waals surface area contributed by atoms with Crippen LogP contribution in [0.2, 0.25) is 0 Å². The van der Waals surface area contributed by atoms with Gasteiger partial charge in [-0.25, -0.2) is 0 Å². The largest absolute Gasteiger partial charge is 0.506 e. The van der Waals surface area contributed by atoms with Crippen LogP contribution in [0.1, 0.15) is 5.56 Å². The van der Waals surface area contributed by atoms with E-state index >= 15 is 0 Å². The molecular formula is C17H13N3O5. The summed E-state index contributed by atoms with van der Waals surface area (Å²) in [4.78, 5) is 22.1. The zero-order chi connectivity index (χ0) is 18.4. The molecule has 0 heterocycles. The lowest BCUT2D eigenvalue weighted by Gasteiger charge is -2.06. The Bertz CT molecular complexity index is 882. The molecule has 8 heteroatoms. The number of anilines is 1. The van der Waals surface area contributed by atoms with Crippen LogP contribution in [0, 0.1) is 21.4 Å². The van der Waals surface area contributed by atoms with Crippen LogP contribution >= 0.6 is 0 Å². The van der Waals surface area contributed by atoms with Crippen molar-refractivity contribution in [3.8, 4) is 17.6 Å². The van der Waals surface area contributed by atoms with Gasteiger partial charge < -0.3 is 15.2 Å². The fourth-order valence-electron chi connectivity index (χ4n) is 1.94. The average Bonchev–Trinajstić information content (AvgIpc) is 2.61. The van der Waals surface area contributed by atoms with Crippen molar-refractivity contribution in [3.05, 3.63) is 63.7 Å². The van der Waals surface area contributed by atoms with Gasteiger partial charge in [0.1, 0.15) is 23.1 Å². The van der Waals surface area contributed by atoms with E-state index < -0.39 is 16.6 Å². The zero-order valence-electron chi connectivity index (χ0n) is 13.1. The van der Waals surface area contributed by atoms with Gasteiger partial charge in [-0.3, -0.25) is 14.9 Å². The highest BCUT2D eigenvalue weighted by molar-refractivity contribution is 6.10. The van der Waals surface area contributed by atoms with E-state index in [1.807, 2.05) is 0 Å². The predicted octanol–water partition coefficient (Wildman–Crippen LogP) is 2.85. The summed E-state index contributed by atoms with van der Waals surface area (Å²) in [6, 6.07) is 11.7. The summed E-state index contributed by atoms with van der Waals surface area (Å²) in [6.07, 6.45) is 1.37. The van der Waals surface area contributed by atoms with Crippen LogP contribution in [0.5, 0.6) is 11.5 Å². The number of nitriles is 1. The number of nitrogens with one attached hydrogen (secondary N) is 1. The highest BCUT2D eigenvalue weighted by Gasteiger charge is 2.14. The molecule has 0 unspecified atom stereocenters. The third kappa shape index (κ3) is 4.33. The lowest BCUT2D eigenvalue weighted by atomic mass is 10.1. The third-order valence-electron chi connectivity index (χ3n) is 3.23. The second kappa shape index (κ2) is 7.61. The molecule has 0 saturated heterocycles. The van der Waals surface area contributed by atoms with Gasteiger partial charge in [0.25, 0.3) is 11.6 Å². The SMILES string of the molecule is COc1ccc(/C=C(/C#N)C(=O)Nc2ccc([N+](=O)[O-])cc2O)cc1. The van der Waals surface area contributed by atoms with Crippen molar-refractivity contribution >= 4 is 23.4 Å². The quantitative estimate of drug-likeness (QED) is 0.284. The van der Waals surface area contributed by atoms with Crippen molar-refractivity contribution in [2.45, 2.75) is 0 Å². The maximum atomic E-state index is 12.2. The molecule has 2 aromatic carbocycles. The molecule has 0 aliphatic heterocycles. The number of carbonyl (C=O) groups excluding carboxylic acids is 1. The van der Waals surface area contributed by atoms with E-state index in [0.29, 0.717) is 11.3 Å². The molecule has 0 bridgehead atoms. The first-order chi connectivity index (χ1) is 11.9. The standard InChI is InChI=1S/C17H13N3O5/c1-25-14-5-2-11(3-6-14)8-12(10-18)17(22)19-15-7-4-13(20(23)24)9-16(15)21/h2-9,21H,1H3,(H,19,22)/b12-8-. The zero-order valence-corrected chi connectivity index (χ0v) is 13.1. The minimum Gasteiger partial charge on any atom is -0.506 e. The summed E-state index contributed by atoms with van der Waals surface area (Å²) < 4.78 is 5.03. The third-order valence-corrected chi connectivity index (χ3v) is 3.23. The normalized spacial score (nSPS) is 10.6. The smallest absolute Gasteiger partial charge is 0.273 e. The van der Waals surface area contributed by atoms with Crippen LogP contribution in [0.15, 0.2) is 48.0 Å². The number of ether oxygens (including phenoxy) is 1. The average molecular weight is 339 g/mol. The number of rotatable bonds is 5. The molecule has 0 atom stereocenters. The number of aromatic hydroxyl groups is 1. The number of phenolic OH excluding ortho intramolecular Hbond substituents is 1. The van der Waals surface area contributed by atoms with Crippen molar-refractivity contribution in [3.63, 3.8) is 0 Å². The number of non-ortho nitro benzene ring substituents is 1. The van der Waals surface area contributed by atoms with E-state index in [2.05, 4.69) is 5.32 Å². The Balaban J connectivity index is 2.21. The van der Waals surface area contributed by atoms with Crippen molar-refractivity contribution in [2.75, 3.05) is 12.4 Å². The summed E-state index contributed by atoms with van der Waals surface area (Å²) >= 11 is 0. The number of hydrogen-bond donors (Lipinski definition) is 2. The Morgan fingerprint density at radius 1 is 1.32 bits per heavy atom. The van der Waals surface area contributed by atoms with Gasteiger partial charge in [-0.1, -0.05) is 12.1 Å². The predicted molar refractivity (Wildman–Crippen MR) is 90.0 cm³/mol. The minimum atomic E-state index is -0.748. The fraction of sp³-hybridized carbons (Fsp3) is 0.0588. The van der Waals surface area contributed by atoms with Crippen LogP contribution in [0.25, 0.3) is 6.08 Å². The van der Waals surface area contributed by atoms with Crippen molar-refractivity contribution in [1.29, 1.82) is 5.26 Å². The van der Waals surface area contributed by atoms with Gasteiger partial charge in [0.05, 0.1) is 23.8 Å². The molecule has 1 amide bonds. The summed E-state index contributed by atoms with van der Waals surface area (Å²) in [5.74, 6) is -0.581. The first-order valence-electron chi connectivity index (χ1n) is 6.99. The Kier molecular flexibility index (Phi) is 5.32. The van der Waals surface area contributed by atoms with E-state index in [-0.39, 0.29) is 16.9 Å².